The smallest absolute Gasteiger partial charge is 0.270 e. The minimum atomic E-state index is -0.286. The molecule has 0 N–H and O–H groups in total. The zero-order chi connectivity index (χ0) is 19.1. The number of nitrogens with zero attached hydrogens (tertiary/aromatic N) is 4. The first kappa shape index (κ1) is 17.8. The SMILES string of the molecule is CC(C)n1ccnc1[C@@H]1CCCN(C(=O)c2cc3cc(F)ccc3n2C)C1. The molecule has 0 spiro atoms. The number of aromatic nitrogens is 3. The molecule has 1 fully saturated rings. The van der Waals surface area contributed by atoms with Crippen LogP contribution in [0.4, 0.5) is 4.39 Å². The number of carbonyl (C=O) groups is 1. The van der Waals surface area contributed by atoms with E-state index in [0.29, 0.717) is 18.3 Å². The number of carbonyl (C=O) groups excluding carboxylic acids is 1. The van der Waals surface area contributed by atoms with Crippen molar-refractivity contribution >= 4 is 16.8 Å². The average Bonchev–Trinajstić information content (AvgIpc) is 3.26. The topological polar surface area (TPSA) is 43.1 Å². The van der Waals surface area contributed by atoms with E-state index in [9.17, 15) is 9.18 Å². The van der Waals surface area contributed by atoms with E-state index in [0.717, 1.165) is 36.1 Å². The second-order valence-corrected chi connectivity index (χ2v) is 7.67. The van der Waals surface area contributed by atoms with E-state index in [4.69, 9.17) is 0 Å². The minimum Gasteiger partial charge on any atom is -0.340 e. The first-order valence-electron chi connectivity index (χ1n) is 9.52. The Morgan fingerprint density at radius 3 is 2.89 bits per heavy atom. The lowest BCUT2D eigenvalue weighted by Crippen LogP contribution is -2.40. The Kier molecular flexibility index (Phi) is 4.50. The van der Waals surface area contributed by atoms with Crippen LogP contribution < -0.4 is 0 Å². The Morgan fingerprint density at radius 1 is 1.30 bits per heavy atom. The Labute approximate surface area is 158 Å². The summed E-state index contributed by atoms with van der Waals surface area (Å²) in [4.78, 5) is 19.7. The van der Waals surface area contributed by atoms with Gasteiger partial charge in [0.15, 0.2) is 0 Å². The van der Waals surface area contributed by atoms with Crippen LogP contribution in [-0.2, 0) is 7.05 Å². The van der Waals surface area contributed by atoms with E-state index < -0.39 is 0 Å². The number of likely N-dealkylation sites (tertiary alicyclic amines) is 1. The van der Waals surface area contributed by atoms with Crippen molar-refractivity contribution in [3.63, 3.8) is 0 Å². The molecule has 0 unspecified atom stereocenters. The summed E-state index contributed by atoms with van der Waals surface area (Å²) < 4.78 is 17.6. The molecule has 4 rings (SSSR count). The maximum Gasteiger partial charge on any atom is 0.270 e. The van der Waals surface area contributed by atoms with Crippen LogP contribution in [0.1, 0.15) is 55.0 Å². The van der Waals surface area contributed by atoms with Crippen LogP contribution in [0.2, 0.25) is 0 Å². The molecule has 0 bridgehead atoms. The van der Waals surface area contributed by atoms with Crippen LogP contribution in [0.25, 0.3) is 10.9 Å². The quantitative estimate of drug-likeness (QED) is 0.698. The van der Waals surface area contributed by atoms with Crippen LogP contribution in [0.5, 0.6) is 0 Å². The molecule has 6 heteroatoms. The van der Waals surface area contributed by atoms with Gasteiger partial charge in [-0.2, -0.15) is 0 Å². The lowest BCUT2D eigenvalue weighted by molar-refractivity contribution is 0.0694. The van der Waals surface area contributed by atoms with Gasteiger partial charge in [-0.25, -0.2) is 9.37 Å². The summed E-state index contributed by atoms with van der Waals surface area (Å²) in [5.41, 5.74) is 1.46. The molecule has 0 saturated carbocycles. The van der Waals surface area contributed by atoms with Gasteiger partial charge >= 0.3 is 0 Å². The average molecular weight is 368 g/mol. The van der Waals surface area contributed by atoms with Crippen molar-refractivity contribution in [1.82, 2.24) is 19.0 Å². The van der Waals surface area contributed by atoms with Crippen molar-refractivity contribution < 1.29 is 9.18 Å². The Hall–Kier alpha value is -2.63. The second-order valence-electron chi connectivity index (χ2n) is 7.67. The molecular weight excluding hydrogens is 343 g/mol. The number of piperidine rings is 1. The molecule has 0 radical (unpaired) electrons. The predicted molar refractivity (Wildman–Crippen MR) is 103 cm³/mol. The van der Waals surface area contributed by atoms with Crippen molar-refractivity contribution in [3.05, 3.63) is 54.0 Å². The third-order valence-corrected chi connectivity index (χ3v) is 5.55. The lowest BCUT2D eigenvalue weighted by Gasteiger charge is -2.33. The van der Waals surface area contributed by atoms with Gasteiger partial charge in [0.25, 0.3) is 5.91 Å². The maximum absolute atomic E-state index is 13.5. The number of imidazole rings is 1. The Balaban J connectivity index is 1.61. The van der Waals surface area contributed by atoms with E-state index in [-0.39, 0.29) is 17.6 Å². The molecule has 0 aliphatic carbocycles. The van der Waals surface area contributed by atoms with Crippen molar-refractivity contribution in [1.29, 1.82) is 0 Å². The number of fused-ring (bicyclic) bond motifs is 1. The second kappa shape index (κ2) is 6.83. The fourth-order valence-electron chi connectivity index (χ4n) is 4.14. The molecule has 1 aliphatic rings. The third-order valence-electron chi connectivity index (χ3n) is 5.55. The molecule has 5 nitrogen and oxygen atoms in total. The summed E-state index contributed by atoms with van der Waals surface area (Å²) in [6.07, 6.45) is 5.85. The predicted octanol–water partition coefficient (Wildman–Crippen LogP) is 4.11. The molecule has 3 heterocycles. The first-order valence-corrected chi connectivity index (χ1v) is 9.52. The molecule has 27 heavy (non-hydrogen) atoms. The highest BCUT2D eigenvalue weighted by molar-refractivity contribution is 5.98. The van der Waals surface area contributed by atoms with Crippen LogP contribution in [0, 0.1) is 5.82 Å². The fourth-order valence-corrected chi connectivity index (χ4v) is 4.14. The number of benzene rings is 1. The monoisotopic (exact) mass is 368 g/mol. The summed E-state index contributed by atoms with van der Waals surface area (Å²) in [6, 6.07) is 6.77. The molecule has 3 aromatic rings. The zero-order valence-electron chi connectivity index (χ0n) is 16.0. The molecule has 1 aromatic carbocycles. The van der Waals surface area contributed by atoms with Gasteiger partial charge in [0.2, 0.25) is 0 Å². The standard InChI is InChI=1S/C21H25FN4O/c1-14(2)26-10-8-23-20(26)15-5-4-9-25(13-15)21(27)19-12-16-11-17(22)6-7-18(16)24(19)3/h6-8,10-12,14-15H,4-5,9,13H2,1-3H3/t15-/m1/s1. The summed E-state index contributed by atoms with van der Waals surface area (Å²) in [5, 5.41) is 0.754. The highest BCUT2D eigenvalue weighted by atomic mass is 19.1. The highest BCUT2D eigenvalue weighted by Crippen LogP contribution is 2.29. The number of hydrogen-bond acceptors (Lipinski definition) is 2. The molecule has 2 aromatic heterocycles. The van der Waals surface area contributed by atoms with Crippen LogP contribution >= 0.6 is 0 Å². The maximum atomic E-state index is 13.5. The van der Waals surface area contributed by atoms with Crippen LogP contribution in [-0.4, -0.2) is 38.0 Å². The van der Waals surface area contributed by atoms with Crippen molar-refractivity contribution in [2.24, 2.45) is 7.05 Å². The van der Waals surface area contributed by atoms with Gasteiger partial charge in [-0.3, -0.25) is 4.79 Å². The third kappa shape index (κ3) is 3.13. The van der Waals surface area contributed by atoms with Crippen LogP contribution in [0.3, 0.4) is 0 Å². The fraction of sp³-hybridized carbons (Fsp3) is 0.429. The van der Waals surface area contributed by atoms with Crippen molar-refractivity contribution in [3.8, 4) is 0 Å². The molecule has 1 aliphatic heterocycles. The normalized spacial score (nSPS) is 17.8. The highest BCUT2D eigenvalue weighted by Gasteiger charge is 2.29. The van der Waals surface area contributed by atoms with Crippen LogP contribution in [0.15, 0.2) is 36.7 Å². The number of halogens is 1. The van der Waals surface area contributed by atoms with E-state index in [2.05, 4.69) is 23.4 Å². The Morgan fingerprint density at radius 2 is 2.11 bits per heavy atom. The van der Waals surface area contributed by atoms with Gasteiger partial charge in [0.1, 0.15) is 17.3 Å². The number of aryl methyl sites for hydroxylation is 1. The van der Waals surface area contributed by atoms with E-state index in [1.165, 1.54) is 12.1 Å². The van der Waals surface area contributed by atoms with Gasteiger partial charge in [0, 0.05) is 55.4 Å². The van der Waals surface area contributed by atoms with E-state index in [1.807, 2.05) is 28.9 Å². The molecule has 1 atom stereocenters. The minimum absolute atomic E-state index is 0.00135. The summed E-state index contributed by atoms with van der Waals surface area (Å²) in [6.45, 7) is 5.70. The van der Waals surface area contributed by atoms with Gasteiger partial charge in [-0.15, -0.1) is 0 Å². The molecule has 142 valence electrons. The summed E-state index contributed by atoms with van der Waals surface area (Å²) in [7, 11) is 1.86. The lowest BCUT2D eigenvalue weighted by atomic mass is 9.96. The van der Waals surface area contributed by atoms with Gasteiger partial charge < -0.3 is 14.0 Å². The molecular formula is C21H25FN4O. The van der Waals surface area contributed by atoms with Crippen molar-refractivity contribution in [2.45, 2.75) is 38.6 Å². The molecule has 1 amide bonds. The van der Waals surface area contributed by atoms with E-state index >= 15 is 0 Å². The largest absolute Gasteiger partial charge is 0.340 e. The van der Waals surface area contributed by atoms with E-state index in [1.54, 1.807) is 12.1 Å². The van der Waals surface area contributed by atoms with Gasteiger partial charge in [0.05, 0.1) is 0 Å². The Bertz CT molecular complexity index is 987. The molecule has 1 saturated heterocycles. The van der Waals surface area contributed by atoms with Gasteiger partial charge in [-0.1, -0.05) is 0 Å². The van der Waals surface area contributed by atoms with Gasteiger partial charge in [-0.05, 0) is 51.0 Å². The number of hydrogen-bond donors (Lipinski definition) is 0. The first-order chi connectivity index (χ1) is 13.0. The number of amides is 1. The zero-order valence-corrected chi connectivity index (χ0v) is 16.0. The summed E-state index contributed by atoms with van der Waals surface area (Å²) in [5.74, 6) is 1.01. The van der Waals surface area contributed by atoms with Crippen molar-refractivity contribution in [2.75, 3.05) is 13.1 Å². The summed E-state index contributed by atoms with van der Waals surface area (Å²) >= 11 is 0. The number of rotatable bonds is 3.